The van der Waals surface area contributed by atoms with Gasteiger partial charge in [-0.15, -0.1) is 0 Å². The van der Waals surface area contributed by atoms with Gasteiger partial charge < -0.3 is 18.9 Å². The molecule has 0 atom stereocenters. The van der Waals surface area contributed by atoms with Gasteiger partial charge in [-0.1, -0.05) is 0 Å². The lowest BCUT2D eigenvalue weighted by Crippen LogP contribution is -2.36. The van der Waals surface area contributed by atoms with Crippen LogP contribution in [0.3, 0.4) is 0 Å². The first-order valence-electron chi connectivity index (χ1n) is 1.46. The minimum Gasteiger partial charge on any atom is -0.418 e. The molecule has 0 aliphatic heterocycles. The van der Waals surface area contributed by atoms with Crippen molar-refractivity contribution in [1.29, 1.82) is 0 Å². The Hall–Kier alpha value is -0.793. The topological polar surface area (TPSA) is 119 Å². The Bertz CT molecular complexity index is 109. The molecule has 0 aromatic rings. The van der Waals surface area contributed by atoms with Crippen molar-refractivity contribution < 1.29 is 18.9 Å². The van der Waals surface area contributed by atoms with Crippen LogP contribution in [-0.4, -0.2) is 23.4 Å². The summed E-state index contributed by atoms with van der Waals surface area (Å²) in [6.45, 7) is 0. The monoisotopic (exact) mass is 137 g/mol. The Morgan fingerprint density at radius 3 is 2.12 bits per heavy atom. The van der Waals surface area contributed by atoms with Crippen LogP contribution in [0.5, 0.6) is 0 Å². The minimum atomic E-state index is -4.60. The third-order valence-electron chi connectivity index (χ3n) is 0.200. The van der Waals surface area contributed by atoms with E-state index in [-0.39, 0.29) is 0 Å². The highest BCUT2D eigenvalue weighted by molar-refractivity contribution is 6.48. The molecule has 0 aromatic carbocycles. The van der Waals surface area contributed by atoms with Gasteiger partial charge >= 0.3 is 9.05 Å². The highest BCUT2D eigenvalue weighted by atomic mass is 28.4. The van der Waals surface area contributed by atoms with Crippen molar-refractivity contribution in [2.45, 2.75) is 0 Å². The summed E-state index contributed by atoms with van der Waals surface area (Å²) >= 11 is 0. The molecular weight excluding hydrogens is 134 g/mol. The molecule has 7 nitrogen and oxygen atoms in total. The van der Waals surface area contributed by atoms with Crippen molar-refractivity contribution in [3.8, 4) is 0 Å². The zero-order valence-electron chi connectivity index (χ0n) is 3.59. The van der Waals surface area contributed by atoms with Gasteiger partial charge in [0.05, 0.1) is 0 Å². The Morgan fingerprint density at radius 2 is 2.00 bits per heavy atom. The van der Waals surface area contributed by atoms with Crippen molar-refractivity contribution in [3.63, 3.8) is 0 Å². The van der Waals surface area contributed by atoms with E-state index in [0.29, 0.717) is 0 Å². The maximum absolute atomic E-state index is 7.91. The molecule has 0 radical (unpaired) electrons. The fourth-order valence-electron chi connectivity index (χ4n) is 0.0730. The first-order chi connectivity index (χ1) is 3.56. The average molecular weight is 137 g/mol. The van der Waals surface area contributed by atoms with Gasteiger partial charge in [-0.05, 0) is 5.53 Å². The number of hydrogen-bond acceptors (Lipinski definition) is 5. The van der Waals surface area contributed by atoms with E-state index in [0.717, 1.165) is 0 Å². The van der Waals surface area contributed by atoms with Crippen LogP contribution in [0, 0.1) is 0 Å². The van der Waals surface area contributed by atoms with Crippen molar-refractivity contribution in [1.82, 2.24) is 0 Å². The van der Waals surface area contributed by atoms with Gasteiger partial charge in [-0.2, -0.15) is 0 Å². The Balaban J connectivity index is 3.55. The van der Waals surface area contributed by atoms with E-state index in [2.05, 4.69) is 9.80 Å². The lowest BCUT2D eigenvalue weighted by Gasteiger charge is -2.01. The van der Waals surface area contributed by atoms with Gasteiger partial charge in [0, 0.05) is 4.91 Å². The van der Waals surface area contributed by atoms with Crippen LogP contribution < -0.4 is 0 Å². The summed E-state index contributed by atoms with van der Waals surface area (Å²) in [6, 6.07) is 0. The molecule has 0 aliphatic carbocycles. The van der Waals surface area contributed by atoms with Gasteiger partial charge in [0.15, 0.2) is 0 Å². The number of nitrogens with zero attached hydrogens (tertiary/aromatic N) is 3. The molecule has 0 unspecified atom stereocenters. The summed E-state index contributed by atoms with van der Waals surface area (Å²) in [6.07, 6.45) is 0. The summed E-state index contributed by atoms with van der Waals surface area (Å²) in [5, 5.41) is 2.24. The molecule has 3 N–H and O–H groups in total. The third-order valence-corrected chi connectivity index (χ3v) is 0.526. The molecule has 8 heteroatoms. The lowest BCUT2D eigenvalue weighted by atomic mass is 12.9. The average Bonchev–Trinajstić information content (AvgIpc) is 1.59. The highest BCUT2D eigenvalue weighted by Crippen LogP contribution is 1.87. The van der Waals surface area contributed by atoms with Crippen LogP contribution in [0.25, 0.3) is 10.4 Å². The Kier molecular flexibility index (Phi) is 2.25. The minimum absolute atomic E-state index is 1.98. The van der Waals surface area contributed by atoms with Gasteiger partial charge in [0.1, 0.15) is 5.28 Å². The molecule has 46 valence electrons. The van der Waals surface area contributed by atoms with Crippen molar-refractivity contribution in [2.24, 2.45) is 5.28 Å². The third kappa shape index (κ3) is 5.21. The van der Waals surface area contributed by atoms with Gasteiger partial charge in [-0.3, -0.25) is 0 Å². The van der Waals surface area contributed by atoms with Crippen molar-refractivity contribution in [2.75, 3.05) is 0 Å². The molecule has 0 amide bonds. The van der Waals surface area contributed by atoms with Gasteiger partial charge in [0.2, 0.25) is 0 Å². The Labute approximate surface area is 44.8 Å². The summed E-state index contributed by atoms with van der Waals surface area (Å²) in [4.78, 5) is 25.7. The van der Waals surface area contributed by atoms with Crippen LogP contribution in [0.1, 0.15) is 0 Å². The van der Waals surface area contributed by atoms with Gasteiger partial charge in [0.25, 0.3) is 0 Å². The molecule has 0 aromatic heterocycles. The van der Waals surface area contributed by atoms with Crippen LogP contribution in [0.2, 0.25) is 0 Å². The summed E-state index contributed by atoms with van der Waals surface area (Å²) in [5.41, 5.74) is 7.45. The number of azide groups is 1. The van der Waals surface area contributed by atoms with E-state index >= 15 is 0 Å². The van der Waals surface area contributed by atoms with Crippen molar-refractivity contribution in [3.05, 3.63) is 10.4 Å². The zero-order valence-corrected chi connectivity index (χ0v) is 4.59. The van der Waals surface area contributed by atoms with Crippen LogP contribution >= 0.6 is 0 Å². The van der Waals surface area contributed by atoms with E-state index in [1.165, 1.54) is 0 Å². The second kappa shape index (κ2) is 2.50. The number of hydrogen-bond donors (Lipinski definition) is 3. The zero-order chi connectivity index (χ0) is 6.62. The van der Waals surface area contributed by atoms with Crippen LogP contribution in [0.15, 0.2) is 5.28 Å². The maximum Gasteiger partial charge on any atom is 0.747 e. The lowest BCUT2D eigenvalue weighted by molar-refractivity contribution is 0.0640. The van der Waals surface area contributed by atoms with Crippen LogP contribution in [-0.2, 0) is 4.53 Å². The molecule has 0 saturated carbocycles. The first kappa shape index (κ1) is 7.21. The fraction of sp³-hybridized carbons (Fsp3) is 0. The maximum atomic E-state index is 7.91. The van der Waals surface area contributed by atoms with E-state index in [1.54, 1.807) is 0 Å². The molecule has 8 heavy (non-hydrogen) atoms. The summed E-state index contributed by atoms with van der Waals surface area (Å²) in [5.74, 6) is 0. The second-order valence-corrected chi connectivity index (χ2v) is 2.17. The Morgan fingerprint density at radius 1 is 1.50 bits per heavy atom. The van der Waals surface area contributed by atoms with E-state index < -0.39 is 9.05 Å². The van der Waals surface area contributed by atoms with Gasteiger partial charge in [-0.25, -0.2) is 0 Å². The quantitative estimate of drug-likeness (QED) is 0.143. The van der Waals surface area contributed by atoms with E-state index in [4.69, 9.17) is 19.9 Å². The first-order valence-corrected chi connectivity index (χ1v) is 3.21. The molecule has 0 bridgehead atoms. The predicted molar refractivity (Wildman–Crippen MR) is 22.6 cm³/mol. The largest absolute Gasteiger partial charge is 0.747 e. The van der Waals surface area contributed by atoms with Crippen molar-refractivity contribution >= 4 is 9.05 Å². The number of rotatable bonds is 2. The molecule has 0 aliphatic rings. The molecular formula is H3N3O4Si. The molecule has 0 fully saturated rings. The van der Waals surface area contributed by atoms with E-state index in [9.17, 15) is 0 Å². The molecule has 0 rings (SSSR count). The summed E-state index contributed by atoms with van der Waals surface area (Å²) in [7, 11) is -4.60. The molecule has 0 saturated heterocycles. The molecule has 0 spiro atoms. The predicted octanol–water partition coefficient (Wildman–Crippen LogP) is -1.36. The summed E-state index contributed by atoms with van der Waals surface area (Å²) < 4.78 is 3.39. The highest BCUT2D eigenvalue weighted by Gasteiger charge is 2.32. The standard InChI is InChI=1S/H3N3O4Si/c1-2-3-7-8(4,5)6/h4-6H. The van der Waals surface area contributed by atoms with Crippen LogP contribution in [0.4, 0.5) is 0 Å². The normalized spacial score (nSPS) is 9.88. The van der Waals surface area contributed by atoms with E-state index in [1.807, 2.05) is 4.91 Å². The second-order valence-electron chi connectivity index (χ2n) is 0.836. The fourth-order valence-corrected chi connectivity index (χ4v) is 0.219. The SMILES string of the molecule is [N-]=[N+]=NO[Si](O)(O)O. The molecule has 0 heterocycles. The smallest absolute Gasteiger partial charge is 0.418 e.